The first-order chi connectivity index (χ1) is 18.2. The van der Waals surface area contributed by atoms with Crippen LogP contribution in [0.4, 0.5) is 26.5 Å². The Balaban J connectivity index is 1.46. The molecule has 0 fully saturated rings. The van der Waals surface area contributed by atoms with Crippen molar-refractivity contribution in [3.8, 4) is 17.2 Å². The molecule has 0 saturated carbocycles. The Bertz CT molecular complexity index is 1540. The van der Waals surface area contributed by atoms with Crippen LogP contribution < -0.4 is 26.2 Å². The van der Waals surface area contributed by atoms with Crippen molar-refractivity contribution in [2.75, 3.05) is 29.7 Å². The molecule has 0 aliphatic heterocycles. The Morgan fingerprint density at radius 2 is 1.84 bits per heavy atom. The Labute approximate surface area is 220 Å². The molecule has 0 bridgehead atoms. The molecule has 0 spiro atoms. The number of H-pyrrole nitrogens is 1. The number of amides is 3. The van der Waals surface area contributed by atoms with Crippen molar-refractivity contribution in [3.63, 3.8) is 0 Å². The molecule has 4 N–H and O–H groups in total. The normalized spacial score (nSPS) is 10.6. The highest BCUT2D eigenvalue weighted by molar-refractivity contribution is 6.34. The lowest BCUT2D eigenvalue weighted by atomic mass is 10.2. The molecule has 0 saturated heterocycles. The van der Waals surface area contributed by atoms with E-state index in [9.17, 15) is 18.8 Å². The first-order valence-electron chi connectivity index (χ1n) is 11.1. The SMILES string of the molecule is COCC(=O)Nc1cc(Oc2cc(Cl)c(NC(=O)Nc3cc(=O)[nH]n3-c3ccc(C)cc3)cc2F)ccn1. The third kappa shape index (κ3) is 6.55. The van der Waals surface area contributed by atoms with Crippen LogP contribution >= 0.6 is 11.6 Å². The molecular weight excluding hydrogens is 519 g/mol. The first kappa shape index (κ1) is 26.4. The van der Waals surface area contributed by atoms with Gasteiger partial charge >= 0.3 is 6.03 Å². The monoisotopic (exact) mass is 540 g/mol. The topological polar surface area (TPSA) is 139 Å². The highest BCUT2D eigenvalue weighted by Gasteiger charge is 2.16. The molecule has 3 amide bonds. The molecule has 0 atom stereocenters. The van der Waals surface area contributed by atoms with Crippen LogP contribution in [0.25, 0.3) is 5.69 Å². The molecule has 4 rings (SSSR count). The number of carbonyl (C=O) groups is 2. The third-order valence-electron chi connectivity index (χ3n) is 5.04. The minimum absolute atomic E-state index is 0.00998. The predicted molar refractivity (Wildman–Crippen MR) is 140 cm³/mol. The molecule has 0 aliphatic carbocycles. The lowest BCUT2D eigenvalue weighted by molar-refractivity contribution is -0.119. The van der Waals surface area contributed by atoms with Gasteiger partial charge in [-0.15, -0.1) is 0 Å². The van der Waals surface area contributed by atoms with E-state index in [4.69, 9.17) is 21.1 Å². The predicted octanol–water partition coefficient (Wildman–Crippen LogP) is 4.68. The van der Waals surface area contributed by atoms with Crippen molar-refractivity contribution in [3.05, 3.63) is 87.6 Å². The summed E-state index contributed by atoms with van der Waals surface area (Å²) in [5.74, 6) is -0.929. The summed E-state index contributed by atoms with van der Waals surface area (Å²) in [6.45, 7) is 1.76. The molecule has 196 valence electrons. The molecule has 2 aromatic carbocycles. The number of carbonyl (C=O) groups excluding carboxylic acids is 2. The van der Waals surface area contributed by atoms with Gasteiger partial charge in [0.05, 0.1) is 16.4 Å². The maximum atomic E-state index is 14.8. The number of hydrogen-bond acceptors (Lipinski definition) is 6. The second kappa shape index (κ2) is 11.6. The van der Waals surface area contributed by atoms with Crippen LogP contribution in [0.1, 0.15) is 5.56 Å². The Hall–Kier alpha value is -4.68. The summed E-state index contributed by atoms with van der Waals surface area (Å²) in [6.07, 6.45) is 1.37. The average Bonchev–Trinajstić information content (AvgIpc) is 3.22. The highest BCUT2D eigenvalue weighted by atomic mass is 35.5. The lowest BCUT2D eigenvalue weighted by Crippen LogP contribution is -2.21. The number of aryl methyl sites for hydroxylation is 1. The van der Waals surface area contributed by atoms with E-state index in [1.807, 2.05) is 19.1 Å². The van der Waals surface area contributed by atoms with E-state index in [0.29, 0.717) is 5.69 Å². The van der Waals surface area contributed by atoms with Crippen molar-refractivity contribution >= 4 is 40.9 Å². The maximum Gasteiger partial charge on any atom is 0.324 e. The molecule has 11 nitrogen and oxygen atoms in total. The van der Waals surface area contributed by atoms with Crippen molar-refractivity contribution in [1.29, 1.82) is 0 Å². The summed E-state index contributed by atoms with van der Waals surface area (Å²) in [6, 6.07) is 12.7. The number of halogens is 2. The number of aromatic nitrogens is 3. The van der Waals surface area contributed by atoms with Gasteiger partial charge in [0.15, 0.2) is 11.6 Å². The van der Waals surface area contributed by atoms with Gasteiger partial charge in [-0.25, -0.2) is 18.9 Å². The quantitative estimate of drug-likeness (QED) is 0.256. The van der Waals surface area contributed by atoms with Crippen molar-refractivity contribution < 1.29 is 23.5 Å². The molecule has 13 heteroatoms. The van der Waals surface area contributed by atoms with Crippen LogP contribution in [0.3, 0.4) is 0 Å². The molecule has 2 heterocycles. The number of rotatable bonds is 8. The van der Waals surface area contributed by atoms with Crippen molar-refractivity contribution in [2.45, 2.75) is 6.92 Å². The number of methoxy groups -OCH3 is 1. The summed E-state index contributed by atoms with van der Waals surface area (Å²) >= 11 is 6.26. The number of nitrogens with one attached hydrogen (secondary N) is 4. The van der Waals surface area contributed by atoms with Crippen molar-refractivity contribution in [2.24, 2.45) is 0 Å². The molecule has 0 unspecified atom stereocenters. The summed E-state index contributed by atoms with van der Waals surface area (Å²) in [7, 11) is 1.38. The van der Waals surface area contributed by atoms with Gasteiger partial charge in [-0.05, 0) is 25.1 Å². The van der Waals surface area contributed by atoms with E-state index in [-0.39, 0.29) is 40.5 Å². The van der Waals surface area contributed by atoms with E-state index < -0.39 is 23.3 Å². The fraction of sp³-hybridized carbons (Fsp3) is 0.120. The third-order valence-corrected chi connectivity index (χ3v) is 5.35. The second-order valence-corrected chi connectivity index (χ2v) is 8.39. The average molecular weight is 541 g/mol. The fourth-order valence-electron chi connectivity index (χ4n) is 3.33. The fourth-order valence-corrected chi connectivity index (χ4v) is 3.53. The van der Waals surface area contributed by atoms with E-state index in [2.05, 4.69) is 26.0 Å². The molecule has 0 aliphatic rings. The Morgan fingerprint density at radius 1 is 1.08 bits per heavy atom. The van der Waals surface area contributed by atoms with Gasteiger partial charge in [0.1, 0.15) is 24.0 Å². The summed E-state index contributed by atoms with van der Waals surface area (Å²) < 4.78 is 26.5. The molecule has 4 aromatic rings. The summed E-state index contributed by atoms with van der Waals surface area (Å²) in [5.41, 5.74) is 1.19. The maximum absolute atomic E-state index is 14.8. The summed E-state index contributed by atoms with van der Waals surface area (Å²) in [4.78, 5) is 40.2. The minimum Gasteiger partial charge on any atom is -0.454 e. The van der Waals surface area contributed by atoms with Gasteiger partial charge in [-0.1, -0.05) is 29.3 Å². The number of urea groups is 1. The number of hydrogen-bond donors (Lipinski definition) is 4. The molecule has 38 heavy (non-hydrogen) atoms. The number of nitrogens with zero attached hydrogens (tertiary/aromatic N) is 2. The minimum atomic E-state index is -0.815. The van der Waals surface area contributed by atoms with Crippen LogP contribution in [0.15, 0.2) is 65.6 Å². The van der Waals surface area contributed by atoms with Gasteiger partial charge in [-0.3, -0.25) is 20.0 Å². The van der Waals surface area contributed by atoms with Gasteiger partial charge in [0, 0.05) is 37.6 Å². The second-order valence-electron chi connectivity index (χ2n) is 7.98. The molecule has 0 radical (unpaired) electrons. The number of aromatic amines is 1. The van der Waals surface area contributed by atoms with E-state index >= 15 is 0 Å². The largest absolute Gasteiger partial charge is 0.454 e. The van der Waals surface area contributed by atoms with Gasteiger partial charge in [0.2, 0.25) is 0 Å². The van der Waals surface area contributed by atoms with E-state index in [1.165, 1.54) is 42.3 Å². The van der Waals surface area contributed by atoms with Crippen LogP contribution in [0, 0.1) is 12.7 Å². The Kier molecular flexibility index (Phi) is 8.04. The van der Waals surface area contributed by atoms with Crippen molar-refractivity contribution in [1.82, 2.24) is 14.8 Å². The van der Waals surface area contributed by atoms with Gasteiger partial charge in [-0.2, -0.15) is 0 Å². The standard InChI is InChI=1S/C25H22ClFN6O5/c1-14-3-5-15(6-4-14)33-22(12-23(34)32-33)31-25(36)29-19-11-18(27)20(10-17(19)26)38-16-7-8-28-21(9-16)30-24(35)13-37-2/h3-12H,13H2,1-2H3,(H,32,34)(H,28,30,35)(H2,29,31,36). The van der Waals surface area contributed by atoms with Gasteiger partial charge in [0.25, 0.3) is 11.5 Å². The first-order valence-corrected chi connectivity index (χ1v) is 11.5. The lowest BCUT2D eigenvalue weighted by Gasteiger charge is -2.13. The molecular formula is C25H22ClFN6O5. The number of anilines is 3. The smallest absolute Gasteiger partial charge is 0.324 e. The van der Waals surface area contributed by atoms with Crippen LogP contribution in [-0.2, 0) is 9.53 Å². The zero-order chi connectivity index (χ0) is 27.2. The highest BCUT2D eigenvalue weighted by Crippen LogP contribution is 2.33. The zero-order valence-corrected chi connectivity index (χ0v) is 20.9. The zero-order valence-electron chi connectivity index (χ0n) is 20.2. The van der Waals surface area contributed by atoms with Crippen LogP contribution in [0.5, 0.6) is 11.5 Å². The summed E-state index contributed by atoms with van der Waals surface area (Å²) in [5, 5.41) is 10.1. The van der Waals surface area contributed by atoms with Crippen LogP contribution in [0.2, 0.25) is 5.02 Å². The number of ether oxygens (including phenoxy) is 2. The number of benzene rings is 2. The number of pyridine rings is 1. The van der Waals surface area contributed by atoms with E-state index in [1.54, 1.807) is 12.1 Å². The molecule has 2 aromatic heterocycles. The van der Waals surface area contributed by atoms with Gasteiger partial charge < -0.3 is 20.1 Å². The Morgan fingerprint density at radius 3 is 2.58 bits per heavy atom. The van der Waals surface area contributed by atoms with E-state index in [0.717, 1.165) is 11.6 Å². The van der Waals surface area contributed by atoms with Crippen LogP contribution in [-0.4, -0.2) is 40.4 Å².